The molecule has 2 aliphatic rings. The van der Waals surface area contributed by atoms with Gasteiger partial charge in [0.1, 0.15) is 17.7 Å². The zero-order valence-corrected chi connectivity index (χ0v) is 12.3. The van der Waals surface area contributed by atoms with Gasteiger partial charge in [-0.25, -0.2) is 4.98 Å². The zero-order valence-electron chi connectivity index (χ0n) is 12.3. The third-order valence-corrected chi connectivity index (χ3v) is 4.42. The number of hydrogen-bond donors (Lipinski definition) is 0. The Morgan fingerprint density at radius 2 is 2.29 bits per heavy atom. The van der Waals surface area contributed by atoms with Crippen molar-refractivity contribution in [3.8, 4) is 0 Å². The average molecular weight is 289 g/mol. The molecular weight excluding hydrogens is 270 g/mol. The first-order valence-corrected chi connectivity index (χ1v) is 7.28. The first-order chi connectivity index (χ1) is 10.2. The summed E-state index contributed by atoms with van der Waals surface area (Å²) in [5.74, 6) is 1.68. The Morgan fingerprint density at radius 3 is 3.10 bits per heavy atom. The molecule has 2 aromatic heterocycles. The van der Waals surface area contributed by atoms with Crippen LogP contribution in [-0.2, 0) is 9.47 Å². The molecule has 0 N–H and O–H groups in total. The minimum Gasteiger partial charge on any atom is -0.381 e. The highest BCUT2D eigenvalue weighted by Gasteiger charge is 2.48. The average Bonchev–Trinajstić information content (AvgIpc) is 2.92. The molecule has 0 saturated carbocycles. The first kappa shape index (κ1) is 13.0. The minimum atomic E-state index is -0.0665. The molecule has 0 aromatic carbocycles. The number of rotatable bonds is 2. The van der Waals surface area contributed by atoms with Crippen LogP contribution in [0.4, 0.5) is 5.82 Å². The Labute approximate surface area is 122 Å². The van der Waals surface area contributed by atoms with Crippen molar-refractivity contribution in [3.05, 3.63) is 18.1 Å². The van der Waals surface area contributed by atoms with Gasteiger partial charge in [-0.2, -0.15) is 14.6 Å². The second kappa shape index (κ2) is 4.64. The van der Waals surface area contributed by atoms with E-state index in [-0.39, 0.29) is 5.60 Å². The molecule has 4 heterocycles. The van der Waals surface area contributed by atoms with Gasteiger partial charge in [-0.05, 0) is 13.3 Å². The van der Waals surface area contributed by atoms with Gasteiger partial charge in [0.25, 0.3) is 5.78 Å². The number of hydrogen-bond acceptors (Lipinski definition) is 6. The first-order valence-electron chi connectivity index (χ1n) is 7.28. The van der Waals surface area contributed by atoms with E-state index in [1.165, 1.54) is 0 Å². The Balaban J connectivity index is 1.58. The molecule has 21 heavy (non-hydrogen) atoms. The Morgan fingerprint density at radius 1 is 1.43 bits per heavy atom. The van der Waals surface area contributed by atoms with Crippen LogP contribution < -0.4 is 4.90 Å². The molecular formula is C14H19N5O2. The van der Waals surface area contributed by atoms with Gasteiger partial charge in [-0.15, -0.1) is 0 Å². The van der Waals surface area contributed by atoms with Crippen LogP contribution in [0, 0.1) is 6.92 Å². The SMILES string of the molecule is CO[C@H]1CCOC2(C1)CN(c1cc(C)nc3ncnn13)C2. The van der Waals surface area contributed by atoms with Crippen LogP contribution in [0.1, 0.15) is 18.5 Å². The lowest BCUT2D eigenvalue weighted by atomic mass is 9.84. The second-order valence-corrected chi connectivity index (χ2v) is 5.97. The van der Waals surface area contributed by atoms with Gasteiger partial charge in [0, 0.05) is 31.9 Å². The van der Waals surface area contributed by atoms with Crippen LogP contribution in [0.5, 0.6) is 0 Å². The quantitative estimate of drug-likeness (QED) is 0.815. The highest BCUT2D eigenvalue weighted by atomic mass is 16.5. The lowest BCUT2D eigenvalue weighted by molar-refractivity contribution is -0.138. The fraction of sp³-hybridized carbons (Fsp3) is 0.643. The molecule has 2 aliphatic heterocycles. The van der Waals surface area contributed by atoms with Gasteiger partial charge in [0.05, 0.1) is 19.2 Å². The van der Waals surface area contributed by atoms with E-state index in [4.69, 9.17) is 9.47 Å². The van der Waals surface area contributed by atoms with Crippen molar-refractivity contribution in [1.29, 1.82) is 0 Å². The Hall–Kier alpha value is -1.73. The summed E-state index contributed by atoms with van der Waals surface area (Å²) in [7, 11) is 1.78. The maximum absolute atomic E-state index is 6.03. The Kier molecular flexibility index (Phi) is 2.87. The number of ether oxygens (including phenoxy) is 2. The molecule has 1 spiro atoms. The summed E-state index contributed by atoms with van der Waals surface area (Å²) >= 11 is 0. The molecule has 0 amide bonds. The van der Waals surface area contributed by atoms with Crippen LogP contribution in [0.2, 0.25) is 0 Å². The third-order valence-electron chi connectivity index (χ3n) is 4.42. The third kappa shape index (κ3) is 2.08. The van der Waals surface area contributed by atoms with E-state index in [1.54, 1.807) is 18.0 Å². The highest BCUT2D eigenvalue weighted by Crippen LogP contribution is 2.37. The van der Waals surface area contributed by atoms with Gasteiger partial charge in [0.2, 0.25) is 0 Å². The topological polar surface area (TPSA) is 64.8 Å². The summed E-state index contributed by atoms with van der Waals surface area (Å²) in [5, 5.41) is 4.26. The molecule has 0 bridgehead atoms. The lowest BCUT2D eigenvalue weighted by Crippen LogP contribution is -2.66. The van der Waals surface area contributed by atoms with Gasteiger partial charge in [0.15, 0.2) is 0 Å². The predicted molar refractivity (Wildman–Crippen MR) is 76.4 cm³/mol. The van der Waals surface area contributed by atoms with Crippen LogP contribution in [-0.4, -0.2) is 58.1 Å². The van der Waals surface area contributed by atoms with E-state index >= 15 is 0 Å². The molecule has 0 radical (unpaired) electrons. The molecule has 2 aromatic rings. The standard InChI is InChI=1S/C14H19N5O2/c1-10-5-12(19-13(17-10)15-9-16-19)18-7-14(8-18)6-11(20-2)3-4-21-14/h5,9,11H,3-4,6-8H2,1-2H3/t11-/m0/s1. The zero-order chi connectivity index (χ0) is 14.4. The normalized spacial score (nSPS) is 24.5. The highest BCUT2D eigenvalue weighted by molar-refractivity contribution is 5.50. The molecule has 0 unspecified atom stereocenters. The number of methoxy groups -OCH3 is 1. The summed E-state index contributed by atoms with van der Waals surface area (Å²) in [6.45, 7) is 4.49. The summed E-state index contributed by atoms with van der Waals surface area (Å²) in [6.07, 6.45) is 3.80. The van der Waals surface area contributed by atoms with Gasteiger partial charge >= 0.3 is 0 Å². The van der Waals surface area contributed by atoms with Crippen molar-refractivity contribution in [2.75, 3.05) is 31.7 Å². The van der Waals surface area contributed by atoms with Crippen molar-refractivity contribution >= 4 is 11.6 Å². The summed E-state index contributed by atoms with van der Waals surface area (Å²) in [5.41, 5.74) is 0.883. The van der Waals surface area contributed by atoms with Crippen molar-refractivity contribution in [3.63, 3.8) is 0 Å². The van der Waals surface area contributed by atoms with Crippen LogP contribution >= 0.6 is 0 Å². The van der Waals surface area contributed by atoms with E-state index in [2.05, 4.69) is 20.0 Å². The van der Waals surface area contributed by atoms with Crippen LogP contribution in [0.15, 0.2) is 12.4 Å². The summed E-state index contributed by atoms with van der Waals surface area (Å²) in [6, 6.07) is 2.05. The number of nitrogens with zero attached hydrogens (tertiary/aromatic N) is 5. The maximum atomic E-state index is 6.03. The van der Waals surface area contributed by atoms with Crippen molar-refractivity contribution in [2.45, 2.75) is 31.5 Å². The maximum Gasteiger partial charge on any atom is 0.254 e. The van der Waals surface area contributed by atoms with Crippen molar-refractivity contribution in [2.24, 2.45) is 0 Å². The molecule has 112 valence electrons. The largest absolute Gasteiger partial charge is 0.381 e. The number of fused-ring (bicyclic) bond motifs is 1. The van der Waals surface area contributed by atoms with Crippen molar-refractivity contribution < 1.29 is 9.47 Å². The van der Waals surface area contributed by atoms with E-state index in [0.717, 1.165) is 44.0 Å². The van der Waals surface area contributed by atoms with Crippen LogP contribution in [0.3, 0.4) is 0 Å². The summed E-state index contributed by atoms with van der Waals surface area (Å²) < 4.78 is 13.3. The molecule has 4 rings (SSSR count). The lowest BCUT2D eigenvalue weighted by Gasteiger charge is -2.53. The Bertz CT molecular complexity index is 664. The molecule has 2 saturated heterocycles. The van der Waals surface area contributed by atoms with Crippen molar-refractivity contribution in [1.82, 2.24) is 19.6 Å². The number of aromatic nitrogens is 4. The fourth-order valence-electron chi connectivity index (χ4n) is 3.35. The molecule has 2 fully saturated rings. The van der Waals surface area contributed by atoms with E-state index in [0.29, 0.717) is 11.9 Å². The number of anilines is 1. The van der Waals surface area contributed by atoms with E-state index in [9.17, 15) is 0 Å². The number of aryl methyl sites for hydroxylation is 1. The molecule has 1 atom stereocenters. The van der Waals surface area contributed by atoms with Gasteiger partial charge in [-0.1, -0.05) is 0 Å². The van der Waals surface area contributed by atoms with E-state index < -0.39 is 0 Å². The summed E-state index contributed by atoms with van der Waals surface area (Å²) in [4.78, 5) is 10.8. The van der Waals surface area contributed by atoms with Gasteiger partial charge < -0.3 is 14.4 Å². The smallest absolute Gasteiger partial charge is 0.254 e. The van der Waals surface area contributed by atoms with Crippen LogP contribution in [0.25, 0.3) is 5.78 Å². The van der Waals surface area contributed by atoms with E-state index in [1.807, 2.05) is 13.0 Å². The molecule has 0 aliphatic carbocycles. The monoisotopic (exact) mass is 289 g/mol. The second-order valence-electron chi connectivity index (χ2n) is 5.97. The van der Waals surface area contributed by atoms with Gasteiger partial charge in [-0.3, -0.25) is 0 Å². The fourth-order valence-corrected chi connectivity index (χ4v) is 3.35. The molecule has 7 heteroatoms. The minimum absolute atomic E-state index is 0.0665. The predicted octanol–water partition coefficient (Wildman–Crippen LogP) is 0.817. The molecule has 7 nitrogen and oxygen atoms in total.